The maximum Gasteiger partial charge on any atom is 0.256 e. The highest BCUT2D eigenvalue weighted by atomic mass is 16.5. The molecular weight excluding hydrogens is 256 g/mol. The normalized spacial score (nSPS) is 10.8. The van der Waals surface area contributed by atoms with Gasteiger partial charge in [0.05, 0.1) is 18.4 Å². The van der Waals surface area contributed by atoms with Gasteiger partial charge in [-0.15, -0.1) is 0 Å². The van der Waals surface area contributed by atoms with Crippen LogP contribution >= 0.6 is 0 Å². The Labute approximate surface area is 119 Å². The van der Waals surface area contributed by atoms with Gasteiger partial charge in [0.1, 0.15) is 17.4 Å². The molecule has 0 aromatic heterocycles. The molecule has 0 heterocycles. The van der Waals surface area contributed by atoms with Gasteiger partial charge in [0, 0.05) is 6.61 Å². The lowest BCUT2D eigenvalue weighted by Gasteiger charge is -2.24. The maximum atomic E-state index is 12.2. The molecule has 0 unspecified atom stereocenters. The van der Waals surface area contributed by atoms with E-state index >= 15 is 0 Å². The van der Waals surface area contributed by atoms with Gasteiger partial charge < -0.3 is 14.8 Å². The number of rotatable bonds is 6. The quantitative estimate of drug-likeness (QED) is 0.867. The van der Waals surface area contributed by atoms with Crippen LogP contribution in [-0.2, 0) is 9.53 Å². The lowest BCUT2D eigenvalue weighted by Crippen LogP contribution is -2.40. The Morgan fingerprint density at radius 3 is 2.70 bits per heavy atom. The molecule has 0 aliphatic rings. The monoisotopic (exact) mass is 276 g/mol. The molecule has 5 heteroatoms. The lowest BCUT2D eigenvalue weighted by atomic mass is 10.1. The number of nitrogens with zero attached hydrogens (tertiary/aromatic N) is 1. The number of anilines is 1. The van der Waals surface area contributed by atoms with Gasteiger partial charge >= 0.3 is 0 Å². The van der Waals surface area contributed by atoms with Crippen LogP contribution in [0.5, 0.6) is 5.75 Å². The zero-order valence-electron chi connectivity index (χ0n) is 12.3. The summed E-state index contributed by atoms with van der Waals surface area (Å²) in [6.45, 7) is 5.89. The number of carbonyl (C=O) groups is 1. The van der Waals surface area contributed by atoms with Gasteiger partial charge in [-0.05, 0) is 38.5 Å². The third-order valence-electron chi connectivity index (χ3n) is 2.81. The predicted molar refractivity (Wildman–Crippen MR) is 76.7 cm³/mol. The standard InChI is InChI=1S/C15H20N2O3/c1-5-8-20-15(2,3)14(18)17-13-7-6-12(19-4)9-11(13)10-16/h6-7,9H,5,8H2,1-4H3,(H,17,18). The van der Waals surface area contributed by atoms with Crippen LogP contribution < -0.4 is 10.1 Å². The zero-order chi connectivity index (χ0) is 15.2. The van der Waals surface area contributed by atoms with Gasteiger partial charge in [-0.25, -0.2) is 0 Å². The molecule has 5 nitrogen and oxygen atoms in total. The van der Waals surface area contributed by atoms with E-state index in [9.17, 15) is 4.79 Å². The van der Waals surface area contributed by atoms with E-state index in [1.807, 2.05) is 13.0 Å². The molecule has 1 aromatic carbocycles. The van der Waals surface area contributed by atoms with E-state index < -0.39 is 5.60 Å². The number of hydrogen-bond acceptors (Lipinski definition) is 4. The Morgan fingerprint density at radius 2 is 2.15 bits per heavy atom. The molecule has 0 bridgehead atoms. The van der Waals surface area contributed by atoms with Crippen molar-refractivity contribution in [2.75, 3.05) is 19.0 Å². The van der Waals surface area contributed by atoms with Crippen molar-refractivity contribution in [3.63, 3.8) is 0 Å². The Balaban J connectivity index is 2.88. The average molecular weight is 276 g/mol. The molecule has 1 rings (SSSR count). The van der Waals surface area contributed by atoms with Gasteiger partial charge in [-0.3, -0.25) is 4.79 Å². The van der Waals surface area contributed by atoms with E-state index in [-0.39, 0.29) is 5.91 Å². The fraction of sp³-hybridized carbons (Fsp3) is 0.467. The topological polar surface area (TPSA) is 71.3 Å². The van der Waals surface area contributed by atoms with Gasteiger partial charge in [0.25, 0.3) is 5.91 Å². The summed E-state index contributed by atoms with van der Waals surface area (Å²) < 4.78 is 10.6. The number of methoxy groups -OCH3 is 1. The third kappa shape index (κ3) is 3.97. The van der Waals surface area contributed by atoms with Crippen molar-refractivity contribution in [3.05, 3.63) is 23.8 Å². The molecule has 0 aliphatic heterocycles. The second kappa shape index (κ2) is 6.92. The van der Waals surface area contributed by atoms with E-state index in [1.165, 1.54) is 7.11 Å². The van der Waals surface area contributed by atoms with Crippen LogP contribution in [0.15, 0.2) is 18.2 Å². The van der Waals surface area contributed by atoms with Crippen LogP contribution in [0.3, 0.4) is 0 Å². The fourth-order valence-corrected chi connectivity index (χ4v) is 1.55. The summed E-state index contributed by atoms with van der Waals surface area (Å²) in [6, 6.07) is 6.95. The molecule has 0 fully saturated rings. The number of nitriles is 1. The summed E-state index contributed by atoms with van der Waals surface area (Å²) in [6.07, 6.45) is 0.836. The van der Waals surface area contributed by atoms with E-state index in [2.05, 4.69) is 5.32 Å². The largest absolute Gasteiger partial charge is 0.497 e. The highest BCUT2D eigenvalue weighted by Gasteiger charge is 2.28. The van der Waals surface area contributed by atoms with Crippen molar-refractivity contribution in [2.45, 2.75) is 32.8 Å². The van der Waals surface area contributed by atoms with Crippen LogP contribution in [0.4, 0.5) is 5.69 Å². The molecule has 0 radical (unpaired) electrons. The highest BCUT2D eigenvalue weighted by molar-refractivity contribution is 5.97. The summed E-state index contributed by atoms with van der Waals surface area (Å²) in [5.74, 6) is 0.286. The number of nitrogens with one attached hydrogen (secondary N) is 1. The number of carbonyl (C=O) groups excluding carboxylic acids is 1. The molecule has 108 valence electrons. The Bertz CT molecular complexity index is 518. The first-order chi connectivity index (χ1) is 9.44. The third-order valence-corrected chi connectivity index (χ3v) is 2.81. The van der Waals surface area contributed by atoms with Crippen molar-refractivity contribution >= 4 is 11.6 Å². The van der Waals surface area contributed by atoms with Gasteiger partial charge in [-0.1, -0.05) is 6.92 Å². The average Bonchev–Trinajstić information content (AvgIpc) is 2.45. The Morgan fingerprint density at radius 1 is 1.45 bits per heavy atom. The van der Waals surface area contributed by atoms with Crippen molar-refractivity contribution in [1.29, 1.82) is 5.26 Å². The fourth-order valence-electron chi connectivity index (χ4n) is 1.55. The van der Waals surface area contributed by atoms with Gasteiger partial charge in [0.15, 0.2) is 0 Å². The van der Waals surface area contributed by atoms with E-state index in [4.69, 9.17) is 14.7 Å². The van der Waals surface area contributed by atoms with Crippen molar-refractivity contribution in [1.82, 2.24) is 0 Å². The Kier molecular flexibility index (Phi) is 5.53. The lowest BCUT2D eigenvalue weighted by molar-refractivity contribution is -0.137. The predicted octanol–water partition coefficient (Wildman–Crippen LogP) is 2.71. The highest BCUT2D eigenvalue weighted by Crippen LogP contribution is 2.23. The van der Waals surface area contributed by atoms with Crippen molar-refractivity contribution < 1.29 is 14.3 Å². The molecule has 1 N–H and O–H groups in total. The second-order valence-electron chi connectivity index (χ2n) is 4.84. The second-order valence-corrected chi connectivity index (χ2v) is 4.84. The van der Waals surface area contributed by atoms with Gasteiger partial charge in [-0.2, -0.15) is 5.26 Å². The van der Waals surface area contributed by atoms with Crippen LogP contribution in [-0.4, -0.2) is 25.2 Å². The Hall–Kier alpha value is -2.06. The maximum absolute atomic E-state index is 12.2. The molecule has 20 heavy (non-hydrogen) atoms. The SMILES string of the molecule is CCCOC(C)(C)C(=O)Nc1ccc(OC)cc1C#N. The number of ether oxygens (including phenoxy) is 2. The molecule has 0 saturated carbocycles. The molecule has 1 aromatic rings. The molecule has 0 saturated heterocycles. The van der Waals surface area contributed by atoms with Crippen LogP contribution in [0.1, 0.15) is 32.8 Å². The first-order valence-electron chi connectivity index (χ1n) is 6.48. The minimum Gasteiger partial charge on any atom is -0.497 e. The van der Waals surface area contributed by atoms with E-state index in [0.29, 0.717) is 23.6 Å². The number of amides is 1. The van der Waals surface area contributed by atoms with Crippen molar-refractivity contribution in [3.8, 4) is 11.8 Å². The smallest absolute Gasteiger partial charge is 0.256 e. The molecule has 1 amide bonds. The summed E-state index contributed by atoms with van der Waals surface area (Å²) in [7, 11) is 1.52. The summed E-state index contributed by atoms with van der Waals surface area (Å²) in [5, 5.41) is 11.8. The molecular formula is C15H20N2O3. The minimum atomic E-state index is -0.942. The summed E-state index contributed by atoms with van der Waals surface area (Å²) in [4.78, 5) is 12.2. The molecule has 0 atom stereocenters. The van der Waals surface area contributed by atoms with E-state index in [0.717, 1.165) is 6.42 Å². The van der Waals surface area contributed by atoms with E-state index in [1.54, 1.807) is 32.0 Å². The number of hydrogen-bond donors (Lipinski definition) is 1. The van der Waals surface area contributed by atoms with Crippen LogP contribution in [0, 0.1) is 11.3 Å². The summed E-state index contributed by atoms with van der Waals surface area (Å²) in [5.41, 5.74) is -0.140. The minimum absolute atomic E-state index is 0.285. The first kappa shape index (κ1) is 16.0. The molecule has 0 spiro atoms. The van der Waals surface area contributed by atoms with Crippen LogP contribution in [0.25, 0.3) is 0 Å². The summed E-state index contributed by atoms with van der Waals surface area (Å²) >= 11 is 0. The molecule has 0 aliphatic carbocycles. The first-order valence-corrected chi connectivity index (χ1v) is 6.48. The van der Waals surface area contributed by atoms with Crippen molar-refractivity contribution in [2.24, 2.45) is 0 Å². The van der Waals surface area contributed by atoms with Gasteiger partial charge in [0.2, 0.25) is 0 Å². The van der Waals surface area contributed by atoms with Crippen LogP contribution in [0.2, 0.25) is 0 Å². The zero-order valence-corrected chi connectivity index (χ0v) is 12.3. The number of benzene rings is 1.